The van der Waals surface area contributed by atoms with Crippen LogP contribution in [0.3, 0.4) is 0 Å². The molecule has 4 atom stereocenters. The third kappa shape index (κ3) is 2.50. The van der Waals surface area contributed by atoms with Crippen molar-refractivity contribution in [2.75, 3.05) is 0 Å². The molecule has 4 heteroatoms. The Balaban J connectivity index is 1.96. The van der Waals surface area contributed by atoms with Crippen LogP contribution in [-0.2, 0) is 16.0 Å². The van der Waals surface area contributed by atoms with Gasteiger partial charge in [-0.2, -0.15) is 0 Å². The molecule has 1 aliphatic carbocycles. The van der Waals surface area contributed by atoms with Crippen molar-refractivity contribution in [2.45, 2.75) is 57.6 Å². The molecule has 1 heterocycles. The molecule has 1 aliphatic heterocycles. The average molecular weight is 315 g/mol. The van der Waals surface area contributed by atoms with E-state index in [0.29, 0.717) is 6.42 Å². The molecule has 2 aliphatic rings. The summed E-state index contributed by atoms with van der Waals surface area (Å²) in [5.74, 6) is -0.514. The van der Waals surface area contributed by atoms with Crippen molar-refractivity contribution in [3.63, 3.8) is 0 Å². The Morgan fingerprint density at radius 1 is 1.52 bits per heavy atom. The highest BCUT2D eigenvalue weighted by Crippen LogP contribution is 2.48. The van der Waals surface area contributed by atoms with Crippen molar-refractivity contribution in [2.24, 2.45) is 5.92 Å². The molecule has 1 saturated heterocycles. The number of aliphatic hydroxyl groups excluding tert-OH is 1. The first-order chi connectivity index (χ1) is 10.9. The van der Waals surface area contributed by atoms with E-state index in [1.54, 1.807) is 11.0 Å². The molecule has 4 nitrogen and oxygen atoms in total. The van der Waals surface area contributed by atoms with E-state index in [-0.39, 0.29) is 24.0 Å². The summed E-state index contributed by atoms with van der Waals surface area (Å²) in [5, 5.41) is 10.5. The molecule has 0 aromatic heterocycles. The number of ether oxygens (including phenoxy) is 1. The minimum absolute atomic E-state index is 0.0395. The van der Waals surface area contributed by atoms with Crippen molar-refractivity contribution in [1.29, 1.82) is 0 Å². The highest BCUT2D eigenvalue weighted by atomic mass is 16.5. The van der Waals surface area contributed by atoms with Crippen LogP contribution in [0.15, 0.2) is 36.9 Å². The van der Waals surface area contributed by atoms with Crippen LogP contribution < -0.4 is 0 Å². The Bertz CT molecular complexity index is 625. The van der Waals surface area contributed by atoms with Crippen LogP contribution in [0.2, 0.25) is 0 Å². The Morgan fingerprint density at radius 2 is 2.22 bits per heavy atom. The molecule has 23 heavy (non-hydrogen) atoms. The lowest BCUT2D eigenvalue weighted by molar-refractivity contribution is -0.158. The van der Waals surface area contributed by atoms with Gasteiger partial charge in [0.25, 0.3) is 5.91 Å². The largest absolute Gasteiger partial charge is 0.383 e. The minimum Gasteiger partial charge on any atom is -0.383 e. The number of hydrogen-bond acceptors (Lipinski definition) is 3. The normalized spacial score (nSPS) is 27.2. The standard InChI is InChI=1S/C19H25NO3/c1-5-12(6-2)17(21)18(22)20-16-14-10-8-7-9-13(14)11-15(16)23-19(20,3)4/h5,7-10,12,15-17,21H,1,6,11H2,2-4H3/t12-,15-,16+,17-/m1/s1. The van der Waals surface area contributed by atoms with E-state index in [0.717, 1.165) is 12.0 Å². The fourth-order valence-electron chi connectivity index (χ4n) is 3.96. The monoisotopic (exact) mass is 315 g/mol. The smallest absolute Gasteiger partial charge is 0.254 e. The van der Waals surface area contributed by atoms with Gasteiger partial charge in [0.2, 0.25) is 0 Å². The molecular formula is C19H25NO3. The summed E-state index contributed by atoms with van der Waals surface area (Å²) >= 11 is 0. The van der Waals surface area contributed by atoms with Gasteiger partial charge in [-0.05, 0) is 31.4 Å². The van der Waals surface area contributed by atoms with Crippen molar-refractivity contribution in [3.05, 3.63) is 48.0 Å². The number of carbonyl (C=O) groups is 1. The second-order valence-corrected chi connectivity index (χ2v) is 6.91. The van der Waals surface area contributed by atoms with Gasteiger partial charge in [-0.15, -0.1) is 6.58 Å². The second-order valence-electron chi connectivity index (χ2n) is 6.91. The summed E-state index contributed by atoms with van der Waals surface area (Å²) in [6, 6.07) is 8.02. The maximum absolute atomic E-state index is 13.0. The molecule has 0 spiro atoms. The summed E-state index contributed by atoms with van der Waals surface area (Å²) in [4.78, 5) is 14.8. The van der Waals surface area contributed by atoms with Crippen molar-refractivity contribution < 1.29 is 14.6 Å². The van der Waals surface area contributed by atoms with Gasteiger partial charge in [-0.25, -0.2) is 0 Å². The van der Waals surface area contributed by atoms with E-state index in [2.05, 4.69) is 18.7 Å². The van der Waals surface area contributed by atoms with Crippen LogP contribution in [0.5, 0.6) is 0 Å². The van der Waals surface area contributed by atoms with Gasteiger partial charge in [0.1, 0.15) is 11.8 Å². The summed E-state index contributed by atoms with van der Waals surface area (Å²) < 4.78 is 6.15. The number of nitrogens with zero attached hydrogens (tertiary/aromatic N) is 1. The fourth-order valence-corrected chi connectivity index (χ4v) is 3.96. The van der Waals surface area contributed by atoms with E-state index in [4.69, 9.17) is 4.74 Å². The van der Waals surface area contributed by atoms with Gasteiger partial charge in [-0.1, -0.05) is 37.3 Å². The first-order valence-electron chi connectivity index (χ1n) is 8.30. The van der Waals surface area contributed by atoms with Gasteiger partial charge in [-0.3, -0.25) is 4.79 Å². The molecular weight excluding hydrogens is 290 g/mol. The van der Waals surface area contributed by atoms with Gasteiger partial charge in [0.15, 0.2) is 0 Å². The second kappa shape index (κ2) is 5.77. The number of carbonyl (C=O) groups excluding carboxylic acids is 1. The molecule has 0 unspecified atom stereocenters. The third-order valence-corrected chi connectivity index (χ3v) is 5.12. The van der Waals surface area contributed by atoms with Crippen molar-refractivity contribution in [1.82, 2.24) is 4.90 Å². The van der Waals surface area contributed by atoms with E-state index in [1.807, 2.05) is 32.9 Å². The Labute approximate surface area is 137 Å². The lowest BCUT2D eigenvalue weighted by atomic mass is 9.96. The van der Waals surface area contributed by atoms with E-state index >= 15 is 0 Å². The quantitative estimate of drug-likeness (QED) is 0.869. The van der Waals surface area contributed by atoms with Crippen molar-refractivity contribution in [3.8, 4) is 0 Å². The topological polar surface area (TPSA) is 49.8 Å². The highest BCUT2D eigenvalue weighted by molar-refractivity contribution is 5.83. The van der Waals surface area contributed by atoms with Gasteiger partial charge in [0, 0.05) is 12.3 Å². The summed E-state index contributed by atoms with van der Waals surface area (Å²) in [6.45, 7) is 9.48. The third-order valence-electron chi connectivity index (χ3n) is 5.12. The van der Waals surface area contributed by atoms with E-state index in [1.165, 1.54) is 5.56 Å². The van der Waals surface area contributed by atoms with Gasteiger partial charge < -0.3 is 14.7 Å². The van der Waals surface area contributed by atoms with Crippen LogP contribution in [-0.4, -0.2) is 33.8 Å². The summed E-state index contributed by atoms with van der Waals surface area (Å²) in [6.07, 6.45) is 2.03. The van der Waals surface area contributed by atoms with Gasteiger partial charge in [0.05, 0.1) is 12.1 Å². The lowest BCUT2D eigenvalue weighted by Crippen LogP contribution is -2.50. The number of rotatable bonds is 4. The maximum Gasteiger partial charge on any atom is 0.254 e. The first-order valence-corrected chi connectivity index (χ1v) is 8.30. The molecule has 124 valence electrons. The molecule has 1 fully saturated rings. The predicted octanol–water partition coefficient (Wildman–Crippen LogP) is 2.82. The SMILES string of the molecule is C=C[C@H](CC)[C@@H](O)C(=O)N1[C@H]2c3ccccc3C[C@H]2OC1(C)C. The number of fused-ring (bicyclic) bond motifs is 3. The zero-order valence-corrected chi connectivity index (χ0v) is 14.0. The van der Waals surface area contributed by atoms with E-state index in [9.17, 15) is 9.90 Å². The van der Waals surface area contributed by atoms with Crippen LogP contribution >= 0.6 is 0 Å². The number of aliphatic hydroxyl groups is 1. The summed E-state index contributed by atoms with van der Waals surface area (Å²) in [5.41, 5.74) is 1.64. The molecule has 1 aromatic carbocycles. The lowest BCUT2D eigenvalue weighted by Gasteiger charge is -2.36. The Hall–Kier alpha value is -1.65. The molecule has 3 rings (SSSR count). The summed E-state index contributed by atoms with van der Waals surface area (Å²) in [7, 11) is 0. The highest BCUT2D eigenvalue weighted by Gasteiger charge is 2.54. The molecule has 1 N–H and O–H groups in total. The van der Waals surface area contributed by atoms with Gasteiger partial charge >= 0.3 is 0 Å². The minimum atomic E-state index is -1.08. The Kier molecular flexibility index (Phi) is 4.07. The van der Waals surface area contributed by atoms with Crippen LogP contribution in [0.25, 0.3) is 0 Å². The van der Waals surface area contributed by atoms with E-state index < -0.39 is 11.8 Å². The van der Waals surface area contributed by atoms with Crippen LogP contribution in [0.4, 0.5) is 0 Å². The molecule has 0 radical (unpaired) electrons. The first kappa shape index (κ1) is 16.2. The van der Waals surface area contributed by atoms with Crippen molar-refractivity contribution >= 4 is 5.91 Å². The Morgan fingerprint density at radius 3 is 2.87 bits per heavy atom. The molecule has 0 bridgehead atoms. The molecule has 0 saturated carbocycles. The number of benzene rings is 1. The van der Waals surface area contributed by atoms with Crippen LogP contribution in [0.1, 0.15) is 44.4 Å². The zero-order valence-electron chi connectivity index (χ0n) is 14.0. The maximum atomic E-state index is 13.0. The number of hydrogen-bond donors (Lipinski definition) is 1. The average Bonchev–Trinajstić information content (AvgIpc) is 2.98. The fraction of sp³-hybridized carbons (Fsp3) is 0.526. The molecule has 1 aromatic rings. The zero-order chi connectivity index (χ0) is 16.8. The number of amides is 1. The predicted molar refractivity (Wildman–Crippen MR) is 88.7 cm³/mol. The van der Waals surface area contributed by atoms with Crippen LogP contribution in [0, 0.1) is 5.92 Å². The molecule has 1 amide bonds.